The molecule has 0 radical (unpaired) electrons. The van der Waals surface area contributed by atoms with E-state index in [1.54, 1.807) is 6.92 Å². The van der Waals surface area contributed by atoms with E-state index in [0.717, 1.165) is 23.7 Å². The average molecular weight is 340 g/mol. The highest BCUT2D eigenvalue weighted by Crippen LogP contribution is 2.57. The topological polar surface area (TPSA) is 34.1 Å². The molecule has 24 heavy (non-hydrogen) atoms. The number of carbonyl (C=O) groups is 1. The molecule has 3 rings (SSSR count). The quantitative estimate of drug-likeness (QED) is 0.539. The molecule has 2 aromatic rings. The molecule has 3 heteroatoms. The number of rotatable bonds is 5. The third-order valence-corrected chi connectivity index (χ3v) is 8.84. The second kappa shape index (κ2) is 7.49. The summed E-state index contributed by atoms with van der Waals surface area (Å²) in [6, 6.07) is 17.7. The highest BCUT2D eigenvalue weighted by molar-refractivity contribution is 7.71. The normalized spacial score (nSPS) is 18.0. The number of carbonyl (C=O) groups excluding carboxylic acids is 1. The summed E-state index contributed by atoms with van der Waals surface area (Å²) < 4.78 is 14.1. The van der Waals surface area contributed by atoms with Crippen LogP contribution in [0, 0.1) is 0 Å². The van der Waals surface area contributed by atoms with E-state index >= 15 is 0 Å². The van der Waals surface area contributed by atoms with Gasteiger partial charge in [-0.2, -0.15) is 0 Å². The van der Waals surface area contributed by atoms with Gasteiger partial charge in [-0.25, -0.2) is 0 Å². The van der Waals surface area contributed by atoms with E-state index in [2.05, 4.69) is 12.1 Å². The molecule has 0 amide bonds. The molecule has 1 fully saturated rings. The van der Waals surface area contributed by atoms with Crippen LogP contribution < -0.4 is 5.30 Å². The minimum absolute atomic E-state index is 0.0529. The molecule has 0 N–H and O–H groups in total. The molecular weight excluding hydrogens is 315 g/mol. The van der Waals surface area contributed by atoms with Crippen molar-refractivity contribution in [3.05, 3.63) is 65.7 Å². The van der Waals surface area contributed by atoms with E-state index in [0.29, 0.717) is 11.7 Å². The third-order valence-electron chi connectivity index (χ3n) is 5.14. The van der Waals surface area contributed by atoms with Crippen molar-refractivity contribution in [3.63, 3.8) is 0 Å². The van der Waals surface area contributed by atoms with E-state index < -0.39 is 7.14 Å². The van der Waals surface area contributed by atoms with Crippen LogP contribution in [0.2, 0.25) is 0 Å². The summed E-state index contributed by atoms with van der Waals surface area (Å²) in [5, 5.41) is 0.934. The largest absolute Gasteiger partial charge is 0.318 e. The van der Waals surface area contributed by atoms with Crippen molar-refractivity contribution < 1.29 is 9.36 Å². The Morgan fingerprint density at radius 1 is 0.958 bits per heavy atom. The second-order valence-corrected chi connectivity index (χ2v) is 9.99. The molecule has 0 bridgehead atoms. The first-order valence-corrected chi connectivity index (χ1v) is 10.8. The first kappa shape index (κ1) is 17.2. The fourth-order valence-corrected chi connectivity index (χ4v) is 7.20. The minimum atomic E-state index is -2.53. The van der Waals surface area contributed by atoms with E-state index in [1.807, 2.05) is 42.5 Å². The molecular formula is C21H25O2P. The fourth-order valence-electron chi connectivity index (χ4n) is 3.73. The monoisotopic (exact) mass is 340 g/mol. The first-order valence-electron chi connectivity index (χ1n) is 8.84. The molecule has 1 unspecified atom stereocenters. The highest BCUT2D eigenvalue weighted by Gasteiger charge is 2.35. The van der Waals surface area contributed by atoms with Crippen LogP contribution in [0.1, 0.15) is 54.9 Å². The van der Waals surface area contributed by atoms with Gasteiger partial charge >= 0.3 is 0 Å². The lowest BCUT2D eigenvalue weighted by Gasteiger charge is -2.31. The highest BCUT2D eigenvalue weighted by atomic mass is 31.2. The zero-order chi connectivity index (χ0) is 17.0. The predicted octanol–water partition coefficient (Wildman–Crippen LogP) is 5.41. The lowest BCUT2D eigenvalue weighted by atomic mass is 10.0. The zero-order valence-electron chi connectivity index (χ0n) is 14.3. The van der Waals surface area contributed by atoms with E-state index in [9.17, 15) is 9.36 Å². The maximum atomic E-state index is 14.1. The van der Waals surface area contributed by atoms with E-state index in [1.165, 1.54) is 19.3 Å². The van der Waals surface area contributed by atoms with Crippen LogP contribution in [0.5, 0.6) is 0 Å². The molecule has 2 aromatic carbocycles. The summed E-state index contributed by atoms with van der Waals surface area (Å²) in [6.07, 6.45) is 6.34. The zero-order valence-corrected chi connectivity index (χ0v) is 15.2. The Hall–Kier alpha value is -1.66. The Bertz CT molecular complexity index is 728. The minimum Gasteiger partial charge on any atom is -0.318 e. The van der Waals surface area contributed by atoms with Gasteiger partial charge in [0, 0.05) is 22.7 Å². The van der Waals surface area contributed by atoms with Crippen molar-refractivity contribution >= 4 is 18.2 Å². The van der Waals surface area contributed by atoms with Gasteiger partial charge in [0.25, 0.3) is 0 Å². The van der Waals surface area contributed by atoms with Crippen LogP contribution in [0.25, 0.3) is 0 Å². The molecule has 0 aromatic heterocycles. The van der Waals surface area contributed by atoms with E-state index in [4.69, 9.17) is 0 Å². The van der Waals surface area contributed by atoms with E-state index in [-0.39, 0.29) is 11.4 Å². The summed E-state index contributed by atoms with van der Waals surface area (Å²) in [6.45, 7) is 1.57. The molecule has 2 nitrogen and oxygen atoms in total. The number of ketones is 1. The second-order valence-electron chi connectivity index (χ2n) is 6.83. The van der Waals surface area contributed by atoms with Crippen LogP contribution in [-0.4, -0.2) is 11.4 Å². The summed E-state index contributed by atoms with van der Waals surface area (Å²) in [5.41, 5.74) is 2.10. The van der Waals surface area contributed by atoms with Gasteiger partial charge in [-0.1, -0.05) is 73.9 Å². The van der Waals surface area contributed by atoms with Crippen molar-refractivity contribution in [3.8, 4) is 0 Å². The van der Waals surface area contributed by atoms with Gasteiger partial charge in [0.2, 0.25) is 0 Å². The number of hydrogen-bond donors (Lipinski definition) is 0. The third kappa shape index (κ3) is 3.70. The van der Waals surface area contributed by atoms with Crippen molar-refractivity contribution in [2.24, 2.45) is 0 Å². The predicted molar refractivity (Wildman–Crippen MR) is 101 cm³/mol. The van der Waals surface area contributed by atoms with Crippen LogP contribution in [-0.2, 0) is 10.7 Å². The average Bonchev–Trinajstić information content (AvgIpc) is 2.63. The van der Waals surface area contributed by atoms with Crippen molar-refractivity contribution in [1.82, 2.24) is 0 Å². The van der Waals surface area contributed by atoms with Crippen molar-refractivity contribution in [2.75, 3.05) is 0 Å². The van der Waals surface area contributed by atoms with Gasteiger partial charge in [-0.15, -0.1) is 0 Å². The lowest BCUT2D eigenvalue weighted by Crippen LogP contribution is -2.22. The smallest absolute Gasteiger partial charge is 0.159 e. The number of hydrogen-bond acceptors (Lipinski definition) is 2. The summed E-state index contributed by atoms with van der Waals surface area (Å²) in [5.74, 6) is 0.0529. The summed E-state index contributed by atoms with van der Waals surface area (Å²) in [7, 11) is -2.53. The molecule has 1 aliphatic rings. The maximum Gasteiger partial charge on any atom is 0.159 e. The molecule has 1 atom stereocenters. The summed E-state index contributed by atoms with van der Waals surface area (Å²) >= 11 is 0. The molecule has 1 saturated carbocycles. The Labute approximate surface area is 144 Å². The SMILES string of the molecule is CC(=O)c1ccc(P(=O)(Cc2ccccc2)C2CCCCC2)cc1. The Morgan fingerprint density at radius 2 is 1.58 bits per heavy atom. The van der Waals surface area contributed by atoms with Crippen LogP contribution in [0.4, 0.5) is 0 Å². The van der Waals surface area contributed by atoms with Gasteiger partial charge in [-0.3, -0.25) is 4.79 Å². The van der Waals surface area contributed by atoms with Crippen molar-refractivity contribution in [2.45, 2.75) is 50.8 Å². The lowest BCUT2D eigenvalue weighted by molar-refractivity contribution is 0.101. The van der Waals surface area contributed by atoms with Gasteiger partial charge in [-0.05, 0) is 25.3 Å². The standard InChI is InChI=1S/C21H25O2P/c1-17(22)19-12-14-21(15-13-19)24(23,20-10-6-3-7-11-20)16-18-8-4-2-5-9-18/h2,4-5,8-9,12-15,20H,3,6-7,10-11,16H2,1H3. The van der Waals surface area contributed by atoms with Crippen LogP contribution in [0.15, 0.2) is 54.6 Å². The molecule has 1 aliphatic carbocycles. The first-order chi connectivity index (χ1) is 11.6. The van der Waals surface area contributed by atoms with Gasteiger partial charge < -0.3 is 4.57 Å². The Kier molecular flexibility index (Phi) is 5.36. The Morgan fingerprint density at radius 3 is 2.17 bits per heavy atom. The summed E-state index contributed by atoms with van der Waals surface area (Å²) in [4.78, 5) is 11.5. The molecule has 0 heterocycles. The van der Waals surface area contributed by atoms with Gasteiger partial charge in [0.1, 0.15) is 7.14 Å². The van der Waals surface area contributed by atoms with Gasteiger partial charge in [0.15, 0.2) is 5.78 Å². The maximum absolute atomic E-state index is 14.1. The number of Topliss-reactive ketones (excluding diaryl/α,β-unsaturated/α-hetero) is 1. The Balaban J connectivity index is 1.97. The van der Waals surface area contributed by atoms with Crippen LogP contribution in [0.3, 0.4) is 0 Å². The molecule has 0 spiro atoms. The molecule has 0 saturated heterocycles. The molecule has 0 aliphatic heterocycles. The van der Waals surface area contributed by atoms with Crippen molar-refractivity contribution in [1.29, 1.82) is 0 Å². The fraction of sp³-hybridized carbons (Fsp3) is 0.381. The van der Waals surface area contributed by atoms with Gasteiger partial charge in [0.05, 0.1) is 0 Å². The number of benzene rings is 2. The van der Waals surface area contributed by atoms with Crippen LogP contribution >= 0.6 is 7.14 Å². The molecule has 126 valence electrons.